The van der Waals surface area contributed by atoms with Gasteiger partial charge in [0.1, 0.15) is 0 Å². The Balaban J connectivity index is 1.79. The summed E-state index contributed by atoms with van der Waals surface area (Å²) in [6.07, 6.45) is 3.50. The van der Waals surface area contributed by atoms with Gasteiger partial charge in [-0.05, 0) is 12.1 Å². The molecule has 0 saturated carbocycles. The summed E-state index contributed by atoms with van der Waals surface area (Å²) in [5.41, 5.74) is -0.224. The number of sulfone groups is 1. The molecule has 0 spiro atoms. The zero-order valence-electron chi connectivity index (χ0n) is 14.0. The zero-order valence-corrected chi connectivity index (χ0v) is 14.9. The number of imidazole rings is 1. The predicted octanol–water partition coefficient (Wildman–Crippen LogP) is 1.38. The van der Waals surface area contributed by atoms with Gasteiger partial charge in [-0.2, -0.15) is 8.78 Å². The smallest absolute Gasteiger partial charge is 0.339 e. The number of nitrogens with zero attached hydrogens (tertiary/aromatic N) is 4. The molecule has 10 heteroatoms. The van der Waals surface area contributed by atoms with Crippen molar-refractivity contribution in [2.45, 2.75) is 10.7 Å². The number of benzene rings is 1. The summed E-state index contributed by atoms with van der Waals surface area (Å²) in [6, 6.07) is 5.09. The third-order valence-corrected chi connectivity index (χ3v) is 5.74. The number of aromatic nitrogens is 2. The molecule has 2 heterocycles. The van der Waals surface area contributed by atoms with Gasteiger partial charge in [-0.25, -0.2) is 13.4 Å². The quantitative estimate of drug-likeness (QED) is 0.796. The van der Waals surface area contributed by atoms with Crippen LogP contribution in [0, 0.1) is 0 Å². The molecular formula is C16H18F2N4O3S. The first-order valence-corrected chi connectivity index (χ1v) is 9.49. The molecule has 2 aromatic rings. The normalized spacial score (nSPS) is 15.5. The van der Waals surface area contributed by atoms with E-state index in [1.54, 1.807) is 6.20 Å². The third-order valence-electron chi connectivity index (χ3n) is 4.30. The summed E-state index contributed by atoms with van der Waals surface area (Å²) in [4.78, 5) is 19.8. The maximum absolute atomic E-state index is 12.9. The summed E-state index contributed by atoms with van der Waals surface area (Å²) in [5.74, 6) is -3.36. The van der Waals surface area contributed by atoms with Crippen LogP contribution in [0.15, 0.2) is 41.6 Å². The third kappa shape index (κ3) is 3.28. The molecule has 3 rings (SSSR count). The fraction of sp³-hybridized carbons (Fsp3) is 0.375. The van der Waals surface area contributed by atoms with Crippen LogP contribution < -0.4 is 4.90 Å². The van der Waals surface area contributed by atoms with E-state index in [1.807, 2.05) is 22.7 Å². The van der Waals surface area contributed by atoms with E-state index in [-0.39, 0.29) is 5.56 Å². The van der Waals surface area contributed by atoms with Crippen molar-refractivity contribution in [1.82, 2.24) is 14.5 Å². The maximum Gasteiger partial charge on any atom is 0.341 e. The number of hydrogen-bond donors (Lipinski definition) is 0. The van der Waals surface area contributed by atoms with E-state index >= 15 is 0 Å². The highest BCUT2D eigenvalue weighted by Crippen LogP contribution is 2.24. The lowest BCUT2D eigenvalue weighted by molar-refractivity contribution is 0.0742. The molecule has 1 saturated heterocycles. The van der Waals surface area contributed by atoms with E-state index in [9.17, 15) is 22.0 Å². The molecule has 7 nitrogen and oxygen atoms in total. The number of carbonyl (C=O) groups excluding carboxylic acids is 1. The number of aryl methyl sites for hydroxylation is 1. The molecule has 1 aromatic heterocycles. The number of rotatable bonds is 4. The Bertz CT molecular complexity index is 906. The van der Waals surface area contributed by atoms with Gasteiger partial charge in [-0.3, -0.25) is 4.79 Å². The van der Waals surface area contributed by atoms with Crippen molar-refractivity contribution in [3.63, 3.8) is 0 Å². The Morgan fingerprint density at radius 2 is 1.81 bits per heavy atom. The van der Waals surface area contributed by atoms with Gasteiger partial charge in [0.2, 0.25) is 15.8 Å². The van der Waals surface area contributed by atoms with Crippen LogP contribution in [0.3, 0.4) is 0 Å². The number of anilines is 1. The van der Waals surface area contributed by atoms with E-state index in [1.165, 1.54) is 23.1 Å². The maximum atomic E-state index is 12.9. The van der Waals surface area contributed by atoms with Crippen LogP contribution >= 0.6 is 0 Å². The van der Waals surface area contributed by atoms with Gasteiger partial charge in [0, 0.05) is 45.6 Å². The summed E-state index contributed by atoms with van der Waals surface area (Å²) in [6.45, 7) is 1.71. The van der Waals surface area contributed by atoms with Gasteiger partial charge in [-0.1, -0.05) is 12.1 Å². The second-order valence-electron chi connectivity index (χ2n) is 5.92. The Labute approximate surface area is 149 Å². The van der Waals surface area contributed by atoms with Crippen LogP contribution in [0.25, 0.3) is 0 Å². The molecule has 0 N–H and O–H groups in total. The van der Waals surface area contributed by atoms with Crippen molar-refractivity contribution in [2.24, 2.45) is 7.05 Å². The monoisotopic (exact) mass is 384 g/mol. The standard InChI is InChI=1S/C16H18F2N4O3S/c1-20-7-6-19-16(20)22-10-8-21(9-11-22)14(23)12-4-2-3-5-13(12)26(24,25)15(17)18/h2-7,15H,8-11H2,1H3. The first-order valence-electron chi connectivity index (χ1n) is 7.95. The fourth-order valence-corrected chi connectivity index (χ4v) is 3.85. The topological polar surface area (TPSA) is 75.5 Å². The van der Waals surface area contributed by atoms with Gasteiger partial charge in [-0.15, -0.1) is 0 Å². The lowest BCUT2D eigenvalue weighted by Crippen LogP contribution is -2.49. The molecule has 1 aliphatic rings. The first kappa shape index (κ1) is 18.3. The fourth-order valence-electron chi connectivity index (χ4n) is 2.93. The number of amides is 1. The largest absolute Gasteiger partial charge is 0.341 e. The van der Waals surface area contributed by atoms with Crippen molar-refractivity contribution in [2.75, 3.05) is 31.1 Å². The number of halogens is 2. The van der Waals surface area contributed by atoms with E-state index in [0.29, 0.717) is 26.2 Å². The SMILES string of the molecule is Cn1ccnc1N1CCN(C(=O)c2ccccc2S(=O)(=O)C(F)F)CC1. The van der Waals surface area contributed by atoms with Crippen molar-refractivity contribution in [3.05, 3.63) is 42.2 Å². The molecule has 26 heavy (non-hydrogen) atoms. The summed E-state index contributed by atoms with van der Waals surface area (Å²) < 4.78 is 51.4. The molecule has 0 atom stereocenters. The van der Waals surface area contributed by atoms with E-state index < -0.39 is 26.4 Å². The van der Waals surface area contributed by atoms with Gasteiger partial charge >= 0.3 is 5.76 Å². The highest BCUT2D eigenvalue weighted by Gasteiger charge is 2.33. The van der Waals surface area contributed by atoms with Gasteiger partial charge in [0.15, 0.2) is 0 Å². The number of hydrogen-bond acceptors (Lipinski definition) is 5. The predicted molar refractivity (Wildman–Crippen MR) is 91.0 cm³/mol. The lowest BCUT2D eigenvalue weighted by Gasteiger charge is -2.35. The molecule has 1 aromatic carbocycles. The molecule has 0 aliphatic carbocycles. The molecule has 1 aliphatic heterocycles. The molecule has 0 unspecified atom stereocenters. The van der Waals surface area contributed by atoms with Crippen molar-refractivity contribution in [1.29, 1.82) is 0 Å². The Hall–Kier alpha value is -2.49. The molecule has 140 valence electrons. The number of alkyl halides is 2. The summed E-state index contributed by atoms with van der Waals surface area (Å²) in [5, 5.41) is 0. The van der Waals surface area contributed by atoms with Gasteiger partial charge in [0.05, 0.1) is 10.5 Å². The molecule has 0 radical (unpaired) electrons. The van der Waals surface area contributed by atoms with Crippen LogP contribution in [0.4, 0.5) is 14.7 Å². The lowest BCUT2D eigenvalue weighted by atomic mass is 10.2. The zero-order chi connectivity index (χ0) is 18.9. The molecule has 1 amide bonds. The second kappa shape index (κ2) is 7.02. The Morgan fingerprint density at radius 3 is 2.38 bits per heavy atom. The minimum atomic E-state index is -4.85. The second-order valence-corrected chi connectivity index (χ2v) is 7.81. The van der Waals surface area contributed by atoms with Crippen molar-refractivity contribution in [3.8, 4) is 0 Å². The minimum absolute atomic E-state index is 0.224. The first-order chi connectivity index (χ1) is 12.3. The van der Waals surface area contributed by atoms with Gasteiger partial charge in [0.25, 0.3) is 5.91 Å². The van der Waals surface area contributed by atoms with Crippen LogP contribution in [-0.4, -0.2) is 60.7 Å². The van der Waals surface area contributed by atoms with Crippen LogP contribution in [0.1, 0.15) is 10.4 Å². The Morgan fingerprint density at radius 1 is 1.15 bits per heavy atom. The van der Waals surface area contributed by atoms with Gasteiger partial charge < -0.3 is 14.4 Å². The van der Waals surface area contributed by atoms with Crippen LogP contribution in [0.5, 0.6) is 0 Å². The van der Waals surface area contributed by atoms with E-state index in [0.717, 1.165) is 12.0 Å². The highest BCUT2D eigenvalue weighted by molar-refractivity contribution is 7.91. The van der Waals surface area contributed by atoms with E-state index in [2.05, 4.69) is 4.98 Å². The van der Waals surface area contributed by atoms with Crippen molar-refractivity contribution >= 4 is 21.7 Å². The average molecular weight is 384 g/mol. The molecule has 0 bridgehead atoms. The summed E-state index contributed by atoms with van der Waals surface area (Å²) >= 11 is 0. The number of carbonyl (C=O) groups is 1. The average Bonchev–Trinajstić information content (AvgIpc) is 3.07. The van der Waals surface area contributed by atoms with Crippen LogP contribution in [-0.2, 0) is 16.9 Å². The highest BCUT2D eigenvalue weighted by atomic mass is 32.2. The Kier molecular flexibility index (Phi) is 4.94. The molecule has 1 fully saturated rings. The van der Waals surface area contributed by atoms with E-state index in [4.69, 9.17) is 0 Å². The minimum Gasteiger partial charge on any atom is -0.339 e. The molecular weight excluding hydrogens is 366 g/mol. The van der Waals surface area contributed by atoms with Crippen molar-refractivity contribution < 1.29 is 22.0 Å². The summed E-state index contributed by atoms with van der Waals surface area (Å²) in [7, 11) is -2.98. The number of piperazine rings is 1. The van der Waals surface area contributed by atoms with Crippen LogP contribution in [0.2, 0.25) is 0 Å².